The zero-order chi connectivity index (χ0) is 21.1. The Hall–Kier alpha value is -2.08. The summed E-state index contributed by atoms with van der Waals surface area (Å²) in [4.78, 5) is 12.5. The number of benzene rings is 2. The first-order chi connectivity index (χ1) is 13.8. The Morgan fingerprint density at radius 3 is 2.59 bits per heavy atom. The Morgan fingerprint density at radius 1 is 1.21 bits per heavy atom. The smallest absolute Gasteiger partial charge is 0.187 e. The number of aryl methyl sites for hydroxylation is 1. The first-order valence-electron chi connectivity index (χ1n) is 8.84. The molecular formula is C22H19BrCl2N2O2. The fourth-order valence-electron chi connectivity index (χ4n) is 2.97. The van der Waals surface area contributed by atoms with E-state index >= 15 is 0 Å². The second kappa shape index (κ2) is 9.16. The predicted octanol–water partition coefficient (Wildman–Crippen LogP) is 6.52. The summed E-state index contributed by atoms with van der Waals surface area (Å²) in [6, 6.07) is 10.6. The third kappa shape index (κ3) is 4.92. The number of ether oxygens (including phenoxy) is 1. The second-order valence-corrected chi connectivity index (χ2v) is 8.17. The van der Waals surface area contributed by atoms with E-state index in [1.165, 1.54) is 6.08 Å². The average molecular weight is 494 g/mol. The molecule has 0 saturated heterocycles. The summed E-state index contributed by atoms with van der Waals surface area (Å²) < 4.78 is 8.42. The van der Waals surface area contributed by atoms with Crippen LogP contribution in [0, 0.1) is 13.8 Å². The van der Waals surface area contributed by atoms with Gasteiger partial charge in [-0.2, -0.15) is 5.10 Å². The monoisotopic (exact) mass is 492 g/mol. The molecule has 2 aromatic carbocycles. The lowest BCUT2D eigenvalue weighted by atomic mass is 10.1. The lowest BCUT2D eigenvalue weighted by Crippen LogP contribution is -2.06. The summed E-state index contributed by atoms with van der Waals surface area (Å²) in [5.74, 6) is 0.574. The number of carbonyl (C=O) groups excluding carboxylic acids is 1. The minimum Gasteiger partial charge on any atom is -0.496 e. The summed E-state index contributed by atoms with van der Waals surface area (Å²) in [6.07, 6.45) is 3.26. The van der Waals surface area contributed by atoms with Gasteiger partial charge in [-0.15, -0.1) is 0 Å². The van der Waals surface area contributed by atoms with Crippen LogP contribution >= 0.6 is 39.1 Å². The first kappa shape index (κ1) is 21.6. The van der Waals surface area contributed by atoms with Crippen molar-refractivity contribution in [3.05, 3.63) is 85.1 Å². The maximum Gasteiger partial charge on any atom is 0.187 e. The Kier molecular flexibility index (Phi) is 6.83. The van der Waals surface area contributed by atoms with Crippen LogP contribution in [-0.2, 0) is 6.54 Å². The maximum absolute atomic E-state index is 12.5. The molecule has 0 spiro atoms. The highest BCUT2D eigenvalue weighted by Gasteiger charge is 2.12. The van der Waals surface area contributed by atoms with Crippen molar-refractivity contribution >= 4 is 51.0 Å². The topological polar surface area (TPSA) is 44.1 Å². The van der Waals surface area contributed by atoms with Gasteiger partial charge in [-0.05, 0) is 71.7 Å². The van der Waals surface area contributed by atoms with Gasteiger partial charge in [0.05, 0.1) is 34.5 Å². The van der Waals surface area contributed by atoms with Crippen molar-refractivity contribution in [2.24, 2.45) is 0 Å². The predicted molar refractivity (Wildman–Crippen MR) is 121 cm³/mol. The molecule has 29 heavy (non-hydrogen) atoms. The minimum atomic E-state index is -0.188. The summed E-state index contributed by atoms with van der Waals surface area (Å²) >= 11 is 15.6. The first-order valence-corrected chi connectivity index (χ1v) is 10.4. The molecule has 1 heterocycles. The summed E-state index contributed by atoms with van der Waals surface area (Å²) in [7, 11) is 1.64. The Balaban J connectivity index is 1.87. The normalized spacial score (nSPS) is 11.2. The lowest BCUT2D eigenvalue weighted by Gasteiger charge is -2.11. The van der Waals surface area contributed by atoms with E-state index in [1.807, 2.05) is 36.7 Å². The number of methoxy groups -OCH3 is 1. The lowest BCUT2D eigenvalue weighted by molar-refractivity contribution is 0.104. The molecule has 0 N–H and O–H groups in total. The number of halogens is 3. The molecular weight excluding hydrogens is 475 g/mol. The van der Waals surface area contributed by atoms with Crippen molar-refractivity contribution in [2.45, 2.75) is 20.4 Å². The molecule has 4 nitrogen and oxygen atoms in total. The molecule has 0 unspecified atom stereocenters. The zero-order valence-electron chi connectivity index (χ0n) is 16.2. The van der Waals surface area contributed by atoms with Gasteiger partial charge >= 0.3 is 0 Å². The fraction of sp³-hybridized carbons (Fsp3) is 0.182. The van der Waals surface area contributed by atoms with Gasteiger partial charge in [0.1, 0.15) is 5.75 Å². The van der Waals surface area contributed by atoms with E-state index in [0.29, 0.717) is 22.2 Å². The number of hydrogen-bond donors (Lipinski definition) is 0. The van der Waals surface area contributed by atoms with Gasteiger partial charge in [-0.3, -0.25) is 9.48 Å². The molecule has 0 aliphatic rings. The molecule has 1 aromatic heterocycles. The number of ketones is 1. The molecule has 0 radical (unpaired) electrons. The molecule has 150 valence electrons. The van der Waals surface area contributed by atoms with Crippen LogP contribution in [0.25, 0.3) is 6.08 Å². The van der Waals surface area contributed by atoms with Gasteiger partial charge in [0, 0.05) is 16.1 Å². The molecule has 0 atom stereocenters. The van der Waals surface area contributed by atoms with E-state index in [-0.39, 0.29) is 5.78 Å². The van der Waals surface area contributed by atoms with Gasteiger partial charge < -0.3 is 4.74 Å². The number of hydrogen-bond acceptors (Lipinski definition) is 3. The van der Waals surface area contributed by atoms with Gasteiger partial charge in [0.25, 0.3) is 0 Å². The highest BCUT2D eigenvalue weighted by molar-refractivity contribution is 9.10. The molecule has 3 aromatic rings. The molecule has 0 amide bonds. The van der Waals surface area contributed by atoms with Crippen molar-refractivity contribution in [2.75, 3.05) is 7.11 Å². The molecule has 0 bridgehead atoms. The van der Waals surface area contributed by atoms with Crippen LogP contribution in [-0.4, -0.2) is 22.7 Å². The van der Waals surface area contributed by atoms with Gasteiger partial charge in [-0.1, -0.05) is 35.3 Å². The summed E-state index contributed by atoms with van der Waals surface area (Å²) in [5, 5.41) is 5.38. The average Bonchev–Trinajstić information content (AvgIpc) is 2.93. The van der Waals surface area contributed by atoms with Crippen molar-refractivity contribution in [1.82, 2.24) is 9.78 Å². The van der Waals surface area contributed by atoms with Gasteiger partial charge in [-0.25, -0.2) is 0 Å². The SMILES string of the molecule is COc1ccc(/C=C/C(=O)c2ccc(Cl)cc2Cl)cc1Cn1nc(C)c(Br)c1C. The largest absolute Gasteiger partial charge is 0.496 e. The van der Waals surface area contributed by atoms with Crippen LogP contribution in [0.15, 0.2) is 46.9 Å². The van der Waals surface area contributed by atoms with Crippen molar-refractivity contribution in [1.29, 1.82) is 0 Å². The van der Waals surface area contributed by atoms with Crippen LogP contribution in [0.3, 0.4) is 0 Å². The van der Waals surface area contributed by atoms with E-state index in [2.05, 4.69) is 21.0 Å². The number of aromatic nitrogens is 2. The Morgan fingerprint density at radius 2 is 1.97 bits per heavy atom. The maximum atomic E-state index is 12.5. The fourth-order valence-corrected chi connectivity index (χ4v) is 3.75. The van der Waals surface area contributed by atoms with Gasteiger partial charge in [0.15, 0.2) is 5.78 Å². The number of allylic oxidation sites excluding steroid dienone is 1. The quantitative estimate of drug-likeness (QED) is 0.290. The van der Waals surface area contributed by atoms with E-state index in [4.69, 9.17) is 27.9 Å². The standard InChI is InChI=1S/C22H19BrCl2N2O2/c1-13-22(23)14(2)27(26-13)12-16-10-15(5-9-21(16)29-3)4-8-20(28)18-7-6-17(24)11-19(18)25/h4-11H,12H2,1-3H3/b8-4+. The van der Waals surface area contributed by atoms with Crippen LogP contribution in [0.1, 0.15) is 32.9 Å². The highest BCUT2D eigenvalue weighted by atomic mass is 79.9. The number of rotatable bonds is 6. The van der Waals surface area contributed by atoms with Crippen molar-refractivity contribution in [3.63, 3.8) is 0 Å². The van der Waals surface area contributed by atoms with Crippen LogP contribution in [0.5, 0.6) is 5.75 Å². The molecule has 3 rings (SSSR count). The summed E-state index contributed by atoms with van der Waals surface area (Å²) in [5.41, 5.74) is 4.22. The minimum absolute atomic E-state index is 0.188. The van der Waals surface area contributed by atoms with Crippen molar-refractivity contribution < 1.29 is 9.53 Å². The van der Waals surface area contributed by atoms with E-state index in [0.717, 1.165) is 32.7 Å². The third-order valence-corrected chi connectivity index (χ3v) is 6.24. The van der Waals surface area contributed by atoms with Gasteiger partial charge in [0.2, 0.25) is 0 Å². The molecule has 0 aliphatic carbocycles. The van der Waals surface area contributed by atoms with Crippen LogP contribution < -0.4 is 4.74 Å². The molecule has 0 saturated carbocycles. The van der Waals surface area contributed by atoms with E-state index < -0.39 is 0 Å². The van der Waals surface area contributed by atoms with E-state index in [1.54, 1.807) is 31.4 Å². The number of nitrogens with zero attached hydrogens (tertiary/aromatic N) is 2. The molecule has 0 aliphatic heterocycles. The van der Waals surface area contributed by atoms with E-state index in [9.17, 15) is 4.79 Å². The molecule has 7 heteroatoms. The second-order valence-electron chi connectivity index (χ2n) is 6.54. The number of carbonyl (C=O) groups is 1. The Labute approximate surface area is 188 Å². The zero-order valence-corrected chi connectivity index (χ0v) is 19.3. The van der Waals surface area contributed by atoms with Crippen molar-refractivity contribution in [3.8, 4) is 5.75 Å². The van der Waals surface area contributed by atoms with Crippen LogP contribution in [0.2, 0.25) is 10.0 Å². The third-order valence-electron chi connectivity index (χ3n) is 4.54. The summed E-state index contributed by atoms with van der Waals surface area (Å²) in [6.45, 7) is 4.52. The molecule has 0 fully saturated rings. The highest BCUT2D eigenvalue weighted by Crippen LogP contribution is 2.26. The van der Waals surface area contributed by atoms with Crippen LogP contribution in [0.4, 0.5) is 0 Å². The Bertz CT molecular complexity index is 1110.